The highest BCUT2D eigenvalue weighted by molar-refractivity contribution is 7.88. The van der Waals surface area contributed by atoms with Crippen molar-refractivity contribution in [2.24, 2.45) is 5.92 Å². The Labute approximate surface area is 96.9 Å². The van der Waals surface area contributed by atoms with Gasteiger partial charge in [-0.1, -0.05) is 26.7 Å². The fraction of sp³-hybridized carbons (Fsp3) is 0.889. The van der Waals surface area contributed by atoms with Crippen LogP contribution in [0.4, 0.5) is 4.79 Å². The van der Waals surface area contributed by atoms with Crippen LogP contribution in [-0.2, 0) is 14.9 Å². The predicted molar refractivity (Wildman–Crippen MR) is 61.2 cm³/mol. The molecule has 0 saturated carbocycles. The van der Waals surface area contributed by atoms with E-state index in [4.69, 9.17) is 0 Å². The Bertz CT molecular complexity index is 299. The van der Waals surface area contributed by atoms with Gasteiger partial charge >= 0.3 is 16.3 Å². The Hall–Kier alpha value is -0.820. The molecule has 0 aromatic heterocycles. The zero-order valence-corrected chi connectivity index (χ0v) is 10.8. The van der Waals surface area contributed by atoms with Gasteiger partial charge in [0.2, 0.25) is 0 Å². The Morgan fingerprint density at radius 3 is 2.25 bits per heavy atom. The van der Waals surface area contributed by atoms with Crippen molar-refractivity contribution in [3.63, 3.8) is 0 Å². The third-order valence-electron chi connectivity index (χ3n) is 2.21. The lowest BCUT2D eigenvalue weighted by Crippen LogP contribution is -2.42. The average molecular weight is 252 g/mol. The third kappa shape index (κ3) is 6.62. The summed E-state index contributed by atoms with van der Waals surface area (Å²) in [4.78, 5) is 10.9. The zero-order chi connectivity index (χ0) is 12.6. The summed E-state index contributed by atoms with van der Waals surface area (Å²) in [7, 11) is -3.79. The Kier molecular flexibility index (Phi) is 7.07. The van der Waals surface area contributed by atoms with Crippen LogP contribution in [0.5, 0.6) is 0 Å². The maximum Gasteiger partial charge on any atom is 0.421 e. The molecule has 16 heavy (non-hydrogen) atoms. The van der Waals surface area contributed by atoms with Crippen molar-refractivity contribution >= 4 is 16.3 Å². The molecule has 0 spiro atoms. The molecule has 0 aliphatic rings. The normalized spacial score (nSPS) is 11.5. The van der Waals surface area contributed by atoms with E-state index in [1.165, 1.54) is 0 Å². The molecule has 96 valence electrons. The lowest BCUT2D eigenvalue weighted by molar-refractivity contribution is 0.158. The third-order valence-corrected chi connectivity index (χ3v) is 3.19. The van der Waals surface area contributed by atoms with Crippen molar-refractivity contribution < 1.29 is 17.9 Å². The van der Waals surface area contributed by atoms with E-state index in [1.807, 2.05) is 13.8 Å². The minimum Gasteiger partial charge on any atom is -0.449 e. The van der Waals surface area contributed by atoms with E-state index in [0.29, 0.717) is 6.54 Å². The predicted octanol–water partition coefficient (Wildman–Crippen LogP) is 1.00. The van der Waals surface area contributed by atoms with Crippen LogP contribution in [0.3, 0.4) is 0 Å². The molecule has 0 aromatic carbocycles. The Balaban J connectivity index is 4.10. The fourth-order valence-electron chi connectivity index (χ4n) is 1.11. The summed E-state index contributed by atoms with van der Waals surface area (Å²) in [6.45, 7) is 6.03. The average Bonchev–Trinajstić information content (AvgIpc) is 2.18. The summed E-state index contributed by atoms with van der Waals surface area (Å²) in [6, 6.07) is 0. The first-order valence-electron chi connectivity index (χ1n) is 5.39. The Morgan fingerprint density at radius 1 is 1.25 bits per heavy atom. The van der Waals surface area contributed by atoms with Gasteiger partial charge in [-0.2, -0.15) is 13.1 Å². The van der Waals surface area contributed by atoms with Crippen molar-refractivity contribution in [3.05, 3.63) is 0 Å². The number of ether oxygens (including phenoxy) is 1. The number of amides is 1. The van der Waals surface area contributed by atoms with Crippen molar-refractivity contribution in [2.75, 3.05) is 13.2 Å². The minimum absolute atomic E-state index is 0.133. The van der Waals surface area contributed by atoms with Crippen LogP contribution in [-0.4, -0.2) is 27.7 Å². The van der Waals surface area contributed by atoms with Crippen molar-refractivity contribution in [2.45, 2.75) is 33.6 Å². The lowest BCUT2D eigenvalue weighted by atomic mass is 10.0. The molecule has 0 radical (unpaired) electrons. The molecule has 2 N–H and O–H groups in total. The molecule has 7 heteroatoms. The minimum atomic E-state index is -3.79. The molecule has 0 fully saturated rings. The van der Waals surface area contributed by atoms with Gasteiger partial charge < -0.3 is 4.74 Å². The molecule has 0 aliphatic carbocycles. The van der Waals surface area contributed by atoms with E-state index < -0.39 is 16.3 Å². The second kappa shape index (κ2) is 7.45. The largest absolute Gasteiger partial charge is 0.449 e. The van der Waals surface area contributed by atoms with E-state index in [-0.39, 0.29) is 12.5 Å². The first kappa shape index (κ1) is 15.2. The second-order valence-corrected chi connectivity index (χ2v) is 4.86. The molecular weight excluding hydrogens is 232 g/mol. The number of carbonyl (C=O) groups excluding carboxylic acids is 1. The molecule has 0 unspecified atom stereocenters. The summed E-state index contributed by atoms with van der Waals surface area (Å²) in [5.74, 6) is 0.277. The van der Waals surface area contributed by atoms with Gasteiger partial charge in [-0.25, -0.2) is 9.52 Å². The summed E-state index contributed by atoms with van der Waals surface area (Å²) in [6.07, 6.45) is 0.816. The molecule has 0 heterocycles. The van der Waals surface area contributed by atoms with E-state index in [2.05, 4.69) is 9.46 Å². The highest BCUT2D eigenvalue weighted by atomic mass is 32.2. The first-order valence-corrected chi connectivity index (χ1v) is 6.87. The van der Waals surface area contributed by atoms with Crippen molar-refractivity contribution in [1.29, 1.82) is 0 Å². The summed E-state index contributed by atoms with van der Waals surface area (Å²) in [5.41, 5.74) is 0. The highest BCUT2D eigenvalue weighted by Gasteiger charge is 2.15. The molecule has 1 amide bonds. The number of nitrogens with one attached hydrogen (secondary N) is 2. The van der Waals surface area contributed by atoms with Crippen LogP contribution in [0.1, 0.15) is 33.6 Å². The Morgan fingerprint density at radius 2 is 1.81 bits per heavy atom. The van der Waals surface area contributed by atoms with Gasteiger partial charge in [-0.15, -0.1) is 0 Å². The second-order valence-electron chi connectivity index (χ2n) is 3.36. The number of rotatable bonds is 7. The molecule has 0 atom stereocenters. The first-order chi connectivity index (χ1) is 7.45. The number of hydrogen-bond acceptors (Lipinski definition) is 4. The van der Waals surface area contributed by atoms with E-state index in [1.54, 1.807) is 11.6 Å². The van der Waals surface area contributed by atoms with E-state index in [0.717, 1.165) is 12.8 Å². The SMILES string of the molecule is CCOC(=O)NS(=O)(=O)NCC(CC)CC. The van der Waals surface area contributed by atoms with Gasteiger partial charge in [0.25, 0.3) is 0 Å². The molecular formula is C9H20N2O4S. The monoisotopic (exact) mass is 252 g/mol. The van der Waals surface area contributed by atoms with Crippen molar-refractivity contribution in [3.8, 4) is 0 Å². The maximum absolute atomic E-state index is 11.3. The van der Waals surface area contributed by atoms with Gasteiger partial charge in [0.1, 0.15) is 0 Å². The van der Waals surface area contributed by atoms with Crippen LogP contribution in [0.2, 0.25) is 0 Å². The standard InChI is InChI=1S/C9H20N2O4S/c1-4-8(5-2)7-10-16(13,14)11-9(12)15-6-3/h8,10H,4-7H2,1-3H3,(H,11,12). The smallest absolute Gasteiger partial charge is 0.421 e. The molecule has 6 nitrogen and oxygen atoms in total. The van der Waals surface area contributed by atoms with Crippen LogP contribution >= 0.6 is 0 Å². The molecule has 0 aromatic rings. The van der Waals surface area contributed by atoms with Crippen LogP contribution in [0, 0.1) is 5.92 Å². The maximum atomic E-state index is 11.3. The van der Waals surface area contributed by atoms with E-state index in [9.17, 15) is 13.2 Å². The van der Waals surface area contributed by atoms with Crippen LogP contribution < -0.4 is 9.44 Å². The number of hydrogen-bond donors (Lipinski definition) is 2. The van der Waals surface area contributed by atoms with Crippen molar-refractivity contribution in [1.82, 2.24) is 9.44 Å². The van der Waals surface area contributed by atoms with E-state index >= 15 is 0 Å². The number of carbonyl (C=O) groups is 1. The lowest BCUT2D eigenvalue weighted by Gasteiger charge is -2.13. The summed E-state index contributed by atoms with van der Waals surface area (Å²) in [5, 5.41) is 0. The summed E-state index contributed by atoms with van der Waals surface area (Å²) < 4.78 is 31.2. The zero-order valence-electron chi connectivity index (χ0n) is 9.95. The van der Waals surface area contributed by atoms with Gasteiger partial charge in [0, 0.05) is 6.54 Å². The molecule has 0 saturated heterocycles. The quantitative estimate of drug-likeness (QED) is 0.708. The van der Waals surface area contributed by atoms with Gasteiger partial charge in [0.05, 0.1) is 6.61 Å². The van der Waals surface area contributed by atoms with Gasteiger partial charge in [0.15, 0.2) is 0 Å². The fourth-order valence-corrected chi connectivity index (χ4v) is 1.92. The highest BCUT2D eigenvalue weighted by Crippen LogP contribution is 2.05. The van der Waals surface area contributed by atoms with Crippen LogP contribution in [0.15, 0.2) is 0 Å². The topological polar surface area (TPSA) is 84.5 Å². The molecule has 0 bridgehead atoms. The summed E-state index contributed by atoms with van der Waals surface area (Å²) >= 11 is 0. The molecule has 0 aliphatic heterocycles. The van der Waals surface area contributed by atoms with Gasteiger partial charge in [-0.05, 0) is 12.8 Å². The van der Waals surface area contributed by atoms with Crippen LogP contribution in [0.25, 0.3) is 0 Å². The van der Waals surface area contributed by atoms with Gasteiger partial charge in [-0.3, -0.25) is 0 Å². The molecule has 0 rings (SSSR count).